The Morgan fingerprint density at radius 2 is 0.345 bits per heavy atom. The molecule has 0 atom stereocenters. The third kappa shape index (κ3) is 17.7. The van der Waals surface area contributed by atoms with E-state index in [0.717, 1.165) is 123 Å². The van der Waals surface area contributed by atoms with Crippen LogP contribution in [0.5, 0.6) is 0 Å². The van der Waals surface area contributed by atoms with Crippen molar-refractivity contribution in [3.63, 3.8) is 0 Å². The predicted molar refractivity (Wildman–Crippen MR) is 568 cm³/mol. The lowest BCUT2D eigenvalue weighted by atomic mass is 9.97. The van der Waals surface area contributed by atoms with Crippen LogP contribution in [0.15, 0.2) is 431 Å². The Morgan fingerprint density at radius 1 is 0.115 bits per heavy atom. The Morgan fingerprint density at radius 3 is 0.705 bits per heavy atom. The zero-order valence-corrected chi connectivity index (χ0v) is 76.8. The highest BCUT2D eigenvalue weighted by Gasteiger charge is 2.22. The van der Waals surface area contributed by atoms with Crippen LogP contribution in [0.2, 0.25) is 0 Å². The van der Waals surface area contributed by atoms with Gasteiger partial charge in [-0.2, -0.15) is 0 Å². The van der Waals surface area contributed by atoms with Crippen molar-refractivity contribution in [2.45, 2.75) is 34.6 Å². The first-order valence-electron chi connectivity index (χ1n) is 46.5. The molecular formula is C125H86N14. The summed E-state index contributed by atoms with van der Waals surface area (Å²) in [7, 11) is 0. The van der Waals surface area contributed by atoms with Crippen LogP contribution in [0.25, 0.3) is 245 Å². The van der Waals surface area contributed by atoms with Gasteiger partial charge in [0.25, 0.3) is 0 Å². The van der Waals surface area contributed by atoms with E-state index in [2.05, 4.69) is 354 Å². The van der Waals surface area contributed by atoms with Crippen molar-refractivity contribution < 1.29 is 0 Å². The van der Waals surface area contributed by atoms with Crippen molar-refractivity contribution in [2.24, 2.45) is 0 Å². The fourth-order valence-corrected chi connectivity index (χ4v) is 18.6. The smallest absolute Gasteiger partial charge is 0.164 e. The van der Waals surface area contributed by atoms with Gasteiger partial charge >= 0.3 is 0 Å². The summed E-state index contributed by atoms with van der Waals surface area (Å²) >= 11 is 0. The number of fused-ring (bicyclic) bond motifs is 10. The minimum atomic E-state index is 0.601. The van der Waals surface area contributed by atoms with Crippen LogP contribution in [-0.4, -0.2) is 69.8 Å². The van der Waals surface area contributed by atoms with Crippen LogP contribution in [0.3, 0.4) is 0 Å². The van der Waals surface area contributed by atoms with E-state index >= 15 is 0 Å². The second-order valence-corrected chi connectivity index (χ2v) is 35.0. The second kappa shape index (κ2) is 36.9. The molecule has 0 fully saturated rings. The quantitative estimate of drug-likeness (QED) is 0.0938. The highest BCUT2D eigenvalue weighted by atomic mass is 15.1. The fourth-order valence-electron chi connectivity index (χ4n) is 18.6. The zero-order chi connectivity index (χ0) is 93.4. The summed E-state index contributed by atoms with van der Waals surface area (Å²) in [4.78, 5) is 68.6. The van der Waals surface area contributed by atoms with Gasteiger partial charge in [0.1, 0.15) is 0 Å². The molecule has 0 saturated carbocycles. The third-order valence-corrected chi connectivity index (χ3v) is 25.5. The minimum Gasteiger partial charge on any atom is -0.253 e. The Hall–Kier alpha value is -18.4. The van der Waals surface area contributed by atoms with E-state index < -0.39 is 0 Å². The van der Waals surface area contributed by atoms with E-state index in [1.165, 1.54) is 86.5 Å². The molecule has 25 rings (SSSR count). The highest BCUT2D eigenvalue weighted by Crippen LogP contribution is 2.40. The molecule has 0 saturated heterocycles. The molecule has 6 aromatic heterocycles. The topological polar surface area (TPSA) is 180 Å². The minimum absolute atomic E-state index is 0.601. The fraction of sp³-hybridized carbons (Fsp3) is 0.0400. The van der Waals surface area contributed by atoms with Gasteiger partial charge in [0.2, 0.25) is 0 Å². The average Bonchev–Trinajstić information content (AvgIpc) is 0.774. The van der Waals surface area contributed by atoms with Crippen molar-refractivity contribution in [3.8, 4) is 159 Å². The molecule has 0 aliphatic rings. The molecule has 0 aliphatic carbocycles. The maximum absolute atomic E-state index is 5.12. The molecule has 6 heterocycles. The van der Waals surface area contributed by atoms with Gasteiger partial charge in [-0.25, -0.2) is 64.8 Å². The number of aromatic nitrogens is 14. The summed E-state index contributed by atoms with van der Waals surface area (Å²) in [6.07, 6.45) is 0. The maximum atomic E-state index is 5.12. The SMILES string of the molecule is Cc1cc(C)nc(-c2ccc(-c3nc(-c4ccc(-c5cccc6ccccc56)cc4)nc(-c4ccc(-c5cccc6ccccc56)cc4)n3)cc2)n1.Cc1cc(C)nc(-c2cccc(-c3nc(-c4ccc5ccccc5c4)nc(-c4ccc5ccccc5c4)n3)c2)n1.Cc1cccc(-c2ccc(-c3nc(-c4ccc5ccc6ccccc6c5c4)nc(-c4ccc5ccc6ccccc6c5c4)n3)cc2)n1. The molecule has 0 amide bonds. The first-order chi connectivity index (χ1) is 68.3. The lowest BCUT2D eigenvalue weighted by Gasteiger charge is -2.11. The van der Waals surface area contributed by atoms with Gasteiger partial charge in [0.05, 0.1) is 5.69 Å². The number of benzene rings is 19. The van der Waals surface area contributed by atoms with E-state index in [9.17, 15) is 0 Å². The number of nitrogens with zero attached hydrogens (tertiary/aromatic N) is 14. The molecule has 0 unspecified atom stereocenters. The third-order valence-electron chi connectivity index (χ3n) is 25.5. The number of rotatable bonds is 14. The molecule has 139 heavy (non-hydrogen) atoms. The van der Waals surface area contributed by atoms with Crippen molar-refractivity contribution >= 4 is 86.2 Å². The molecule has 19 aromatic carbocycles. The Labute approximate surface area is 803 Å². The van der Waals surface area contributed by atoms with E-state index in [4.69, 9.17) is 49.8 Å². The van der Waals surface area contributed by atoms with E-state index in [-0.39, 0.29) is 0 Å². The summed E-state index contributed by atoms with van der Waals surface area (Å²) in [6.45, 7) is 9.96. The Bertz CT molecular complexity index is 8650. The molecule has 656 valence electrons. The van der Waals surface area contributed by atoms with Gasteiger partial charge in [-0.3, -0.25) is 4.98 Å². The average molecular weight is 1780 g/mol. The zero-order valence-electron chi connectivity index (χ0n) is 76.8. The monoisotopic (exact) mass is 1780 g/mol. The summed E-state index contributed by atoms with van der Waals surface area (Å²) < 4.78 is 0. The van der Waals surface area contributed by atoms with Gasteiger partial charge in [-0.15, -0.1) is 0 Å². The van der Waals surface area contributed by atoms with Crippen LogP contribution in [0.4, 0.5) is 0 Å². The van der Waals surface area contributed by atoms with Crippen molar-refractivity contribution in [3.05, 3.63) is 459 Å². The number of pyridine rings is 1. The Balaban J connectivity index is 0.000000118. The van der Waals surface area contributed by atoms with Gasteiger partial charge in [0, 0.05) is 95.2 Å². The molecule has 25 aromatic rings. The lowest BCUT2D eigenvalue weighted by Crippen LogP contribution is -2.01. The standard InChI is InChI=1S/C47H33N5.C43H28N4.C35H25N5/c1-30-29-31(2)49-44(48-30)36-25-27-39(28-26-36)47-51-45(37-21-17-34(18-22-37)42-15-7-11-32-9-3-5-13-40(32)42)50-46(52-47)38-23-19-35(20-24-38)43-16-8-12-33-10-4-6-14-41(33)43;1-27-7-6-12-40(44-27)32-19-21-33(22-20-32)41-45-42(34-23-17-30-15-13-28-8-2-4-10-36(28)38(30)25-34)47-43(46-41)35-24-18-31-16-14-29-9-3-5-11-37(29)39(31)26-35;1-22-18-23(2)37-32(36-22)28-12-7-13-29(21-28)33-38-34(30-16-14-24-8-3-5-10-26(24)19-30)40-35(39-33)31-17-15-25-9-4-6-11-27(25)20-31/h3-29H,1-2H3;2-26H,1H3;3-21H,1-2H3. The second-order valence-electron chi connectivity index (χ2n) is 35.0. The summed E-state index contributed by atoms with van der Waals surface area (Å²) in [5, 5.41) is 19.1. The number of aryl methyl sites for hydroxylation is 5. The van der Waals surface area contributed by atoms with Crippen molar-refractivity contribution in [1.29, 1.82) is 0 Å². The van der Waals surface area contributed by atoms with Crippen molar-refractivity contribution in [1.82, 2.24) is 69.8 Å². The normalized spacial score (nSPS) is 11.3. The van der Waals surface area contributed by atoms with E-state index in [0.29, 0.717) is 64.1 Å². The van der Waals surface area contributed by atoms with Crippen LogP contribution < -0.4 is 0 Å². The largest absolute Gasteiger partial charge is 0.253 e. The van der Waals surface area contributed by atoms with Crippen molar-refractivity contribution in [2.75, 3.05) is 0 Å². The van der Waals surface area contributed by atoms with Gasteiger partial charge in [-0.05, 0) is 198 Å². The molecule has 0 N–H and O–H groups in total. The van der Waals surface area contributed by atoms with E-state index in [1.54, 1.807) is 0 Å². The number of hydrogen-bond donors (Lipinski definition) is 0. The molecular weight excluding hydrogens is 1700 g/mol. The first kappa shape index (κ1) is 84.8. The maximum Gasteiger partial charge on any atom is 0.164 e. The summed E-state index contributed by atoms with van der Waals surface area (Å²) in [6, 6.07) is 149. The van der Waals surface area contributed by atoms with Gasteiger partial charge in [-0.1, -0.05) is 376 Å². The predicted octanol–water partition coefficient (Wildman–Crippen LogP) is 30.7. The van der Waals surface area contributed by atoms with Crippen LogP contribution in [0.1, 0.15) is 28.5 Å². The molecule has 0 spiro atoms. The van der Waals surface area contributed by atoms with Gasteiger partial charge < -0.3 is 0 Å². The molecule has 0 bridgehead atoms. The Kier molecular flexibility index (Phi) is 22.5. The van der Waals surface area contributed by atoms with Crippen LogP contribution in [-0.2, 0) is 0 Å². The summed E-state index contributed by atoms with van der Waals surface area (Å²) in [5.74, 6) is 7.01. The first-order valence-corrected chi connectivity index (χ1v) is 46.5. The molecule has 14 nitrogen and oxygen atoms in total. The number of hydrogen-bond acceptors (Lipinski definition) is 14. The van der Waals surface area contributed by atoms with E-state index in [1.807, 2.05) is 132 Å². The lowest BCUT2D eigenvalue weighted by molar-refractivity contribution is 1.06. The van der Waals surface area contributed by atoms with Crippen LogP contribution in [0, 0.1) is 34.6 Å². The van der Waals surface area contributed by atoms with Gasteiger partial charge in [0.15, 0.2) is 64.1 Å². The molecule has 0 aliphatic heterocycles. The highest BCUT2D eigenvalue weighted by molar-refractivity contribution is 6.10. The summed E-state index contributed by atoms with van der Waals surface area (Å²) in [5.41, 5.74) is 21.6. The molecule has 0 radical (unpaired) electrons. The molecule has 14 heteroatoms. The van der Waals surface area contributed by atoms with Crippen LogP contribution >= 0.6 is 0 Å².